The number of anilines is 2. The molecule has 0 spiro atoms. The van der Waals surface area contributed by atoms with Crippen molar-refractivity contribution in [2.45, 2.75) is 0 Å². The predicted octanol–water partition coefficient (Wildman–Crippen LogP) is 3.88. The molecule has 0 aliphatic carbocycles. The van der Waals surface area contributed by atoms with Gasteiger partial charge in [-0.05, 0) is 37.4 Å². The average molecular weight is 374 g/mol. The van der Waals surface area contributed by atoms with Crippen LogP contribution in [0.3, 0.4) is 0 Å². The molecular formula is C20H21ClFN3O. The van der Waals surface area contributed by atoms with Crippen LogP contribution >= 0.6 is 11.6 Å². The van der Waals surface area contributed by atoms with Crippen LogP contribution in [-0.2, 0) is 4.79 Å². The van der Waals surface area contributed by atoms with Crippen LogP contribution in [0.5, 0.6) is 0 Å². The van der Waals surface area contributed by atoms with E-state index in [1.807, 2.05) is 12.1 Å². The summed E-state index contributed by atoms with van der Waals surface area (Å²) in [5.41, 5.74) is 1.97. The molecule has 6 heteroatoms. The van der Waals surface area contributed by atoms with Crippen LogP contribution < -0.4 is 10.2 Å². The number of piperazine rings is 1. The van der Waals surface area contributed by atoms with E-state index in [9.17, 15) is 9.18 Å². The molecule has 4 nitrogen and oxygen atoms in total. The number of carbonyl (C=O) groups is 1. The van der Waals surface area contributed by atoms with E-state index in [4.69, 9.17) is 11.6 Å². The molecule has 1 heterocycles. The minimum absolute atomic E-state index is 0.328. The lowest BCUT2D eigenvalue weighted by Gasteiger charge is -2.35. The third-order valence-electron chi connectivity index (χ3n) is 4.38. The van der Waals surface area contributed by atoms with Crippen molar-refractivity contribution in [3.8, 4) is 0 Å². The summed E-state index contributed by atoms with van der Waals surface area (Å²) in [5.74, 6) is -0.691. The molecule has 2 aromatic carbocycles. The molecular weight excluding hydrogens is 353 g/mol. The van der Waals surface area contributed by atoms with Crippen molar-refractivity contribution in [1.29, 1.82) is 0 Å². The van der Waals surface area contributed by atoms with Crippen molar-refractivity contribution in [1.82, 2.24) is 4.90 Å². The first-order valence-electron chi connectivity index (χ1n) is 8.49. The minimum atomic E-state index is -0.363. The largest absolute Gasteiger partial charge is 0.367 e. The van der Waals surface area contributed by atoms with Crippen molar-refractivity contribution in [2.75, 3.05) is 43.4 Å². The lowest BCUT2D eigenvalue weighted by molar-refractivity contribution is -0.111. The number of rotatable bonds is 4. The molecule has 0 atom stereocenters. The second-order valence-electron chi connectivity index (χ2n) is 6.30. The van der Waals surface area contributed by atoms with Crippen LogP contribution in [0.1, 0.15) is 5.56 Å². The average Bonchev–Trinajstić information content (AvgIpc) is 2.62. The summed E-state index contributed by atoms with van der Waals surface area (Å²) in [6, 6.07) is 11.8. The van der Waals surface area contributed by atoms with Crippen LogP contribution in [-0.4, -0.2) is 44.0 Å². The first-order chi connectivity index (χ1) is 12.5. The molecule has 1 N–H and O–H groups in total. The molecule has 0 saturated carbocycles. The molecule has 1 aliphatic heterocycles. The molecule has 1 amide bonds. The van der Waals surface area contributed by atoms with Gasteiger partial charge in [-0.15, -0.1) is 0 Å². The number of carbonyl (C=O) groups excluding carboxylic acids is 1. The Morgan fingerprint density at radius 3 is 2.62 bits per heavy atom. The molecule has 0 aromatic heterocycles. The zero-order valence-corrected chi connectivity index (χ0v) is 15.3. The molecule has 2 aromatic rings. The number of nitrogens with one attached hydrogen (secondary N) is 1. The van der Waals surface area contributed by atoms with Gasteiger partial charge in [0.15, 0.2) is 0 Å². The Kier molecular flexibility index (Phi) is 5.91. The van der Waals surface area contributed by atoms with Crippen LogP contribution in [0.25, 0.3) is 6.08 Å². The highest BCUT2D eigenvalue weighted by molar-refractivity contribution is 6.31. The van der Waals surface area contributed by atoms with Crippen LogP contribution in [0.2, 0.25) is 5.02 Å². The number of amides is 1. The highest BCUT2D eigenvalue weighted by atomic mass is 35.5. The number of halogens is 2. The Balaban J connectivity index is 1.75. The fraction of sp³-hybridized carbons (Fsp3) is 0.250. The van der Waals surface area contributed by atoms with Gasteiger partial charge in [0, 0.05) is 42.8 Å². The maximum absolute atomic E-state index is 13.6. The second kappa shape index (κ2) is 8.34. The van der Waals surface area contributed by atoms with E-state index in [0.29, 0.717) is 16.3 Å². The molecule has 136 valence electrons. The molecule has 0 bridgehead atoms. The summed E-state index contributed by atoms with van der Waals surface area (Å²) < 4.78 is 13.6. The van der Waals surface area contributed by atoms with E-state index in [0.717, 1.165) is 31.9 Å². The summed E-state index contributed by atoms with van der Waals surface area (Å²) in [6.45, 7) is 3.69. The fourth-order valence-electron chi connectivity index (χ4n) is 2.88. The molecule has 3 rings (SSSR count). The zero-order valence-electron chi connectivity index (χ0n) is 14.6. The summed E-state index contributed by atoms with van der Waals surface area (Å²) in [4.78, 5) is 16.8. The summed E-state index contributed by atoms with van der Waals surface area (Å²) in [6.07, 6.45) is 2.79. The van der Waals surface area contributed by atoms with Gasteiger partial charge in [-0.1, -0.05) is 29.8 Å². The maximum atomic E-state index is 13.6. The Hall–Kier alpha value is -2.37. The van der Waals surface area contributed by atoms with Gasteiger partial charge < -0.3 is 15.1 Å². The Labute approximate surface area is 157 Å². The van der Waals surface area contributed by atoms with Gasteiger partial charge in [0.1, 0.15) is 5.82 Å². The molecule has 26 heavy (non-hydrogen) atoms. The Morgan fingerprint density at radius 1 is 1.15 bits per heavy atom. The lowest BCUT2D eigenvalue weighted by atomic mass is 10.2. The van der Waals surface area contributed by atoms with Crippen molar-refractivity contribution in [2.24, 2.45) is 0 Å². The van der Waals surface area contributed by atoms with E-state index in [2.05, 4.69) is 22.2 Å². The van der Waals surface area contributed by atoms with Crippen molar-refractivity contribution in [3.05, 3.63) is 64.9 Å². The standard InChI is InChI=1S/C20H21ClFN3O/c1-24-10-12-25(13-11-24)19-8-7-16(21)14-18(19)23-20(26)9-6-15-4-2-3-5-17(15)22/h2-9,14H,10-13H2,1H3,(H,23,26). The summed E-state index contributed by atoms with van der Waals surface area (Å²) >= 11 is 6.11. The quantitative estimate of drug-likeness (QED) is 0.826. The Morgan fingerprint density at radius 2 is 1.88 bits per heavy atom. The van der Waals surface area contributed by atoms with Crippen molar-refractivity contribution >= 4 is 35.0 Å². The number of benzene rings is 2. The smallest absolute Gasteiger partial charge is 0.248 e. The third-order valence-corrected chi connectivity index (χ3v) is 4.62. The lowest BCUT2D eigenvalue weighted by Crippen LogP contribution is -2.44. The van der Waals surface area contributed by atoms with E-state index < -0.39 is 0 Å². The van der Waals surface area contributed by atoms with Gasteiger partial charge in [-0.2, -0.15) is 0 Å². The topological polar surface area (TPSA) is 35.6 Å². The number of likely N-dealkylation sites (N-methyl/N-ethyl adjacent to an activating group) is 1. The zero-order chi connectivity index (χ0) is 18.5. The van der Waals surface area contributed by atoms with Gasteiger partial charge >= 0.3 is 0 Å². The molecule has 0 radical (unpaired) electrons. The SMILES string of the molecule is CN1CCN(c2ccc(Cl)cc2NC(=O)C=Cc2ccccc2F)CC1. The van der Waals surface area contributed by atoms with Crippen molar-refractivity contribution < 1.29 is 9.18 Å². The molecule has 0 unspecified atom stereocenters. The van der Waals surface area contributed by atoms with E-state index >= 15 is 0 Å². The van der Waals surface area contributed by atoms with Gasteiger partial charge in [0.25, 0.3) is 0 Å². The molecule has 1 saturated heterocycles. The summed E-state index contributed by atoms with van der Waals surface area (Å²) in [5, 5.41) is 3.41. The predicted molar refractivity (Wildman–Crippen MR) is 105 cm³/mol. The number of nitrogens with zero attached hydrogens (tertiary/aromatic N) is 2. The number of hydrogen-bond acceptors (Lipinski definition) is 3. The van der Waals surface area contributed by atoms with Crippen LogP contribution in [0, 0.1) is 5.82 Å². The summed E-state index contributed by atoms with van der Waals surface area (Å²) in [7, 11) is 2.09. The van der Waals surface area contributed by atoms with Gasteiger partial charge in [-0.3, -0.25) is 4.79 Å². The number of hydrogen-bond donors (Lipinski definition) is 1. The van der Waals surface area contributed by atoms with E-state index in [-0.39, 0.29) is 11.7 Å². The van der Waals surface area contributed by atoms with E-state index in [1.165, 1.54) is 18.2 Å². The Bertz CT molecular complexity index is 816. The molecule has 1 fully saturated rings. The van der Waals surface area contributed by atoms with Gasteiger partial charge in [0.05, 0.1) is 11.4 Å². The normalized spacial score (nSPS) is 15.4. The maximum Gasteiger partial charge on any atom is 0.248 e. The molecule has 1 aliphatic rings. The highest BCUT2D eigenvalue weighted by Gasteiger charge is 2.18. The first-order valence-corrected chi connectivity index (χ1v) is 8.87. The minimum Gasteiger partial charge on any atom is -0.367 e. The second-order valence-corrected chi connectivity index (χ2v) is 6.73. The van der Waals surface area contributed by atoms with Gasteiger partial charge in [0.2, 0.25) is 5.91 Å². The van der Waals surface area contributed by atoms with Crippen LogP contribution in [0.15, 0.2) is 48.5 Å². The van der Waals surface area contributed by atoms with Crippen LogP contribution in [0.4, 0.5) is 15.8 Å². The first kappa shape index (κ1) is 18.4. The van der Waals surface area contributed by atoms with E-state index in [1.54, 1.807) is 24.3 Å². The highest BCUT2D eigenvalue weighted by Crippen LogP contribution is 2.30. The van der Waals surface area contributed by atoms with Crippen molar-refractivity contribution in [3.63, 3.8) is 0 Å². The van der Waals surface area contributed by atoms with Gasteiger partial charge in [-0.25, -0.2) is 4.39 Å². The fourth-order valence-corrected chi connectivity index (χ4v) is 3.05. The third kappa shape index (κ3) is 4.62. The monoisotopic (exact) mass is 373 g/mol.